The summed E-state index contributed by atoms with van der Waals surface area (Å²) in [6.07, 6.45) is 0. The molecule has 2 N–H and O–H groups in total. The maximum absolute atomic E-state index is 12.5. The van der Waals surface area contributed by atoms with Crippen LogP contribution in [0.25, 0.3) is 16.2 Å². The number of fused-ring (bicyclic) bond motifs is 1. The van der Waals surface area contributed by atoms with Crippen molar-refractivity contribution in [2.75, 3.05) is 26.1 Å². The van der Waals surface area contributed by atoms with Crippen molar-refractivity contribution < 1.29 is 24.1 Å². The average molecular weight is 482 g/mol. The van der Waals surface area contributed by atoms with E-state index < -0.39 is 0 Å². The van der Waals surface area contributed by atoms with Gasteiger partial charge in [-0.25, -0.2) is 9.78 Å². The number of nitrogens with zero attached hydrogens (tertiary/aromatic N) is 2. The molecule has 0 bridgehead atoms. The molecular weight excluding hydrogens is 454 g/mol. The summed E-state index contributed by atoms with van der Waals surface area (Å²) in [5.41, 5.74) is 4.39. The number of nitrogens with one attached hydrogen (secondary N) is 1. The summed E-state index contributed by atoms with van der Waals surface area (Å²) in [6.45, 7) is 6.58. The molecule has 0 aliphatic carbocycles. The molecule has 4 aromatic rings. The van der Waals surface area contributed by atoms with Crippen LogP contribution < -0.4 is 14.8 Å². The molecular formula is C25H27N3O5S. The molecule has 0 fully saturated rings. The number of aryl methyl sites for hydroxylation is 2. The Morgan fingerprint density at radius 1 is 1.15 bits per heavy atom. The van der Waals surface area contributed by atoms with E-state index in [9.17, 15) is 9.90 Å². The molecule has 0 atom stereocenters. The molecule has 2 aromatic heterocycles. The normalized spacial score (nSPS) is 11.0. The van der Waals surface area contributed by atoms with Crippen molar-refractivity contribution in [3.8, 4) is 28.5 Å². The monoisotopic (exact) mass is 481 g/mol. The Labute approximate surface area is 201 Å². The van der Waals surface area contributed by atoms with Gasteiger partial charge < -0.3 is 24.6 Å². The van der Waals surface area contributed by atoms with E-state index in [0.29, 0.717) is 34.2 Å². The molecule has 0 radical (unpaired) electrons. The van der Waals surface area contributed by atoms with Gasteiger partial charge in [-0.15, -0.1) is 0 Å². The van der Waals surface area contributed by atoms with E-state index in [4.69, 9.17) is 19.2 Å². The second-order valence-corrected chi connectivity index (χ2v) is 8.65. The van der Waals surface area contributed by atoms with E-state index in [2.05, 4.69) is 24.4 Å². The van der Waals surface area contributed by atoms with E-state index in [1.54, 1.807) is 19.1 Å². The number of anilines is 1. The summed E-state index contributed by atoms with van der Waals surface area (Å²) < 4.78 is 17.9. The first kappa shape index (κ1) is 23.4. The molecule has 178 valence electrons. The number of carbonyl (C=O) groups is 1. The SMILES string of the molecule is CCOC(=O)c1sc2nc(-c3cc(OC)c(O)c(OC)c3)c(NCc3ccccc3C)n2c1C. The number of esters is 1. The molecule has 9 heteroatoms. The Kier molecular flexibility index (Phi) is 6.65. The fourth-order valence-corrected chi connectivity index (χ4v) is 4.83. The third kappa shape index (κ3) is 4.14. The fraction of sp³-hybridized carbons (Fsp3) is 0.280. The average Bonchev–Trinajstić information content (AvgIpc) is 3.35. The van der Waals surface area contributed by atoms with E-state index in [-0.39, 0.29) is 23.2 Å². The minimum Gasteiger partial charge on any atom is -0.502 e. The summed E-state index contributed by atoms with van der Waals surface area (Å²) in [5.74, 6) is 0.830. The quantitative estimate of drug-likeness (QED) is 0.334. The number of thiazole rings is 1. The molecule has 8 nitrogen and oxygen atoms in total. The molecule has 0 aliphatic heterocycles. The number of methoxy groups -OCH3 is 2. The molecule has 0 spiro atoms. The van der Waals surface area contributed by atoms with Gasteiger partial charge in [0.25, 0.3) is 0 Å². The number of ether oxygens (including phenoxy) is 3. The summed E-state index contributed by atoms with van der Waals surface area (Å²) in [6, 6.07) is 11.6. The topological polar surface area (TPSA) is 94.3 Å². The van der Waals surface area contributed by atoms with Crippen molar-refractivity contribution in [3.05, 3.63) is 58.1 Å². The van der Waals surface area contributed by atoms with Gasteiger partial charge in [0.2, 0.25) is 5.75 Å². The van der Waals surface area contributed by atoms with Gasteiger partial charge in [0.05, 0.1) is 20.8 Å². The zero-order chi connectivity index (χ0) is 24.4. The standard InChI is InChI=1S/C25H27N3O5S/c1-6-33-24(30)22-15(3)28-23(26-13-16-10-8-7-9-14(16)2)20(27-25(28)34-22)17-11-18(31-4)21(29)19(12-17)32-5/h7-12,26,29H,6,13H2,1-5H3. The molecule has 2 heterocycles. The van der Waals surface area contributed by atoms with Gasteiger partial charge >= 0.3 is 5.97 Å². The third-order valence-corrected chi connectivity index (χ3v) is 6.75. The van der Waals surface area contributed by atoms with Gasteiger partial charge in [0, 0.05) is 17.8 Å². The first-order chi connectivity index (χ1) is 16.4. The Hall–Kier alpha value is -3.72. The predicted molar refractivity (Wildman–Crippen MR) is 132 cm³/mol. The van der Waals surface area contributed by atoms with Crippen LogP contribution in [0, 0.1) is 13.8 Å². The molecule has 0 saturated carbocycles. The number of phenolic OH excluding ortho intramolecular Hbond substituents is 1. The number of imidazole rings is 1. The largest absolute Gasteiger partial charge is 0.502 e. The van der Waals surface area contributed by atoms with Crippen LogP contribution in [0.1, 0.15) is 33.4 Å². The molecule has 0 saturated heterocycles. The lowest BCUT2D eigenvalue weighted by Gasteiger charge is -2.13. The Morgan fingerprint density at radius 3 is 2.44 bits per heavy atom. The smallest absolute Gasteiger partial charge is 0.350 e. The van der Waals surface area contributed by atoms with Crippen molar-refractivity contribution in [1.82, 2.24) is 9.38 Å². The van der Waals surface area contributed by atoms with Crippen molar-refractivity contribution in [2.24, 2.45) is 0 Å². The number of rotatable bonds is 8. The highest BCUT2D eigenvalue weighted by atomic mass is 32.1. The van der Waals surface area contributed by atoms with Crippen molar-refractivity contribution >= 4 is 28.1 Å². The predicted octanol–water partition coefficient (Wildman–Crippen LogP) is 5.19. The summed E-state index contributed by atoms with van der Waals surface area (Å²) in [7, 11) is 2.97. The van der Waals surface area contributed by atoms with Crippen LogP contribution in [-0.4, -0.2) is 41.3 Å². The van der Waals surface area contributed by atoms with E-state index in [1.807, 2.05) is 23.5 Å². The second kappa shape index (κ2) is 9.64. The third-order valence-electron chi connectivity index (χ3n) is 5.63. The number of phenols is 1. The number of aromatic hydroxyl groups is 1. The van der Waals surface area contributed by atoms with Gasteiger partial charge in [0.1, 0.15) is 16.4 Å². The maximum atomic E-state index is 12.5. The van der Waals surface area contributed by atoms with Crippen molar-refractivity contribution in [3.63, 3.8) is 0 Å². The summed E-state index contributed by atoms with van der Waals surface area (Å²) >= 11 is 1.27. The zero-order valence-corrected chi connectivity index (χ0v) is 20.6. The zero-order valence-electron chi connectivity index (χ0n) is 19.8. The van der Waals surface area contributed by atoms with Crippen LogP contribution in [-0.2, 0) is 11.3 Å². The van der Waals surface area contributed by atoms with Gasteiger partial charge in [-0.05, 0) is 44.0 Å². The Morgan fingerprint density at radius 2 is 1.82 bits per heavy atom. The fourth-order valence-electron chi connectivity index (χ4n) is 3.81. The van der Waals surface area contributed by atoms with Crippen LogP contribution in [0.4, 0.5) is 5.82 Å². The minimum atomic E-state index is -0.366. The highest BCUT2D eigenvalue weighted by Gasteiger charge is 2.25. The van der Waals surface area contributed by atoms with Crippen LogP contribution >= 0.6 is 11.3 Å². The second-order valence-electron chi connectivity index (χ2n) is 7.67. The van der Waals surface area contributed by atoms with Crippen LogP contribution in [0.15, 0.2) is 36.4 Å². The summed E-state index contributed by atoms with van der Waals surface area (Å²) in [5, 5.41) is 13.9. The molecule has 34 heavy (non-hydrogen) atoms. The molecule has 4 rings (SSSR count). The van der Waals surface area contributed by atoms with E-state index >= 15 is 0 Å². The van der Waals surface area contributed by atoms with Crippen molar-refractivity contribution in [2.45, 2.75) is 27.3 Å². The van der Waals surface area contributed by atoms with Gasteiger partial charge in [-0.2, -0.15) is 0 Å². The van der Waals surface area contributed by atoms with Gasteiger partial charge in [-0.3, -0.25) is 4.40 Å². The van der Waals surface area contributed by atoms with Gasteiger partial charge in [-0.1, -0.05) is 35.6 Å². The van der Waals surface area contributed by atoms with E-state index in [1.165, 1.54) is 31.1 Å². The van der Waals surface area contributed by atoms with Crippen LogP contribution in [0.2, 0.25) is 0 Å². The highest BCUT2D eigenvalue weighted by molar-refractivity contribution is 7.19. The first-order valence-corrected chi connectivity index (χ1v) is 11.6. The number of hydrogen-bond acceptors (Lipinski definition) is 8. The first-order valence-electron chi connectivity index (χ1n) is 10.8. The van der Waals surface area contributed by atoms with Crippen LogP contribution in [0.3, 0.4) is 0 Å². The lowest BCUT2D eigenvalue weighted by atomic mass is 10.1. The molecule has 0 aliphatic rings. The number of carbonyl (C=O) groups excluding carboxylic acids is 1. The molecule has 0 amide bonds. The number of hydrogen-bond donors (Lipinski definition) is 2. The minimum absolute atomic E-state index is 0.0787. The lowest BCUT2D eigenvalue weighted by molar-refractivity contribution is 0.0531. The number of aromatic nitrogens is 2. The highest BCUT2D eigenvalue weighted by Crippen LogP contribution is 2.43. The summed E-state index contributed by atoms with van der Waals surface area (Å²) in [4.78, 5) is 18.5. The van der Waals surface area contributed by atoms with Crippen molar-refractivity contribution in [1.29, 1.82) is 0 Å². The van der Waals surface area contributed by atoms with E-state index in [0.717, 1.165) is 17.1 Å². The molecule has 0 unspecified atom stereocenters. The van der Waals surface area contributed by atoms with Gasteiger partial charge in [0.15, 0.2) is 16.5 Å². The molecule has 2 aromatic carbocycles. The maximum Gasteiger partial charge on any atom is 0.350 e. The Balaban J connectivity index is 1.88. The number of benzene rings is 2. The Bertz CT molecular complexity index is 1330. The lowest BCUT2D eigenvalue weighted by Crippen LogP contribution is -2.08. The van der Waals surface area contributed by atoms with Crippen LogP contribution in [0.5, 0.6) is 17.2 Å².